The number of rotatable bonds is 6. The van der Waals surface area contributed by atoms with Crippen molar-refractivity contribution in [3.8, 4) is 5.75 Å². The Morgan fingerprint density at radius 1 is 1.47 bits per heavy atom. The molecule has 1 unspecified atom stereocenters. The van der Waals surface area contributed by atoms with Gasteiger partial charge in [-0.1, -0.05) is 12.1 Å². The topological polar surface area (TPSA) is 78.8 Å². The number of halogens is 1. The molecule has 0 aliphatic carbocycles. The summed E-state index contributed by atoms with van der Waals surface area (Å²) in [7, 11) is 0. The van der Waals surface area contributed by atoms with Crippen LogP contribution in [0, 0.1) is 0 Å². The fourth-order valence-corrected chi connectivity index (χ4v) is 1.18. The van der Waals surface area contributed by atoms with Crippen LogP contribution in [-0.4, -0.2) is 41.3 Å². The maximum absolute atomic E-state index is 11.1. The highest BCUT2D eigenvalue weighted by Gasteiger charge is 2.08. The summed E-state index contributed by atoms with van der Waals surface area (Å²) < 4.78 is 5.27. The fraction of sp³-hybridized carbons (Fsp3) is 0.364. The Labute approximate surface area is 104 Å². The van der Waals surface area contributed by atoms with Gasteiger partial charge in [0.15, 0.2) is 0 Å². The third-order valence-corrected chi connectivity index (χ3v) is 2.17. The Hall–Kier alpha value is -1.30. The molecule has 0 saturated carbocycles. The average molecular weight is 260 g/mol. The van der Waals surface area contributed by atoms with Gasteiger partial charge >= 0.3 is 0 Å². The summed E-state index contributed by atoms with van der Waals surface area (Å²) in [5.74, 6) is -0.0722. The van der Waals surface area contributed by atoms with Gasteiger partial charge in [0.25, 0.3) is 0 Å². The number of aliphatic hydroxyl groups excluding tert-OH is 2. The van der Waals surface area contributed by atoms with Gasteiger partial charge in [-0.3, -0.25) is 4.79 Å². The lowest BCUT2D eigenvalue weighted by atomic mass is 10.3. The van der Waals surface area contributed by atoms with Crippen LogP contribution in [0.25, 0.3) is 0 Å². The maximum atomic E-state index is 11.1. The molecule has 0 aromatic heterocycles. The molecule has 0 aliphatic heterocycles. The molecule has 5 nitrogen and oxygen atoms in total. The van der Waals surface area contributed by atoms with E-state index in [1.807, 2.05) is 0 Å². The minimum absolute atomic E-state index is 0.0513. The normalized spacial score (nSPS) is 11.9. The molecular weight excluding hydrogens is 246 g/mol. The Balaban J connectivity index is 2.67. The molecule has 1 atom stereocenters. The van der Waals surface area contributed by atoms with E-state index in [0.717, 1.165) is 0 Å². The van der Waals surface area contributed by atoms with Crippen LogP contribution >= 0.6 is 11.6 Å². The van der Waals surface area contributed by atoms with Gasteiger partial charge in [-0.2, -0.15) is 0 Å². The Morgan fingerprint density at radius 2 is 2.18 bits per heavy atom. The molecule has 1 aromatic carbocycles. The lowest BCUT2D eigenvalue weighted by molar-refractivity contribution is -0.113. The van der Waals surface area contributed by atoms with Crippen molar-refractivity contribution >= 4 is 23.2 Å². The summed E-state index contributed by atoms with van der Waals surface area (Å²) in [6.07, 6.45) is -0.952. The zero-order valence-electron chi connectivity index (χ0n) is 9.10. The molecule has 0 radical (unpaired) electrons. The highest BCUT2D eigenvalue weighted by atomic mass is 35.5. The van der Waals surface area contributed by atoms with Crippen LogP contribution in [0.1, 0.15) is 0 Å². The molecule has 0 saturated heterocycles. The number of benzene rings is 1. The number of hydrogen-bond donors (Lipinski definition) is 3. The molecule has 1 rings (SSSR count). The molecule has 6 heteroatoms. The first kappa shape index (κ1) is 13.8. The molecule has 0 bridgehead atoms. The highest BCUT2D eigenvalue weighted by Crippen LogP contribution is 2.23. The van der Waals surface area contributed by atoms with Crippen molar-refractivity contribution in [2.75, 3.05) is 24.4 Å². The van der Waals surface area contributed by atoms with E-state index in [4.69, 9.17) is 26.6 Å². The van der Waals surface area contributed by atoms with Crippen LogP contribution in [0.5, 0.6) is 5.75 Å². The summed E-state index contributed by atoms with van der Waals surface area (Å²) in [5, 5.41) is 20.4. The van der Waals surface area contributed by atoms with Crippen molar-refractivity contribution in [2.24, 2.45) is 0 Å². The number of amides is 1. The molecule has 94 valence electrons. The molecule has 0 fully saturated rings. The summed E-state index contributed by atoms with van der Waals surface area (Å²) in [4.78, 5) is 11.1. The van der Waals surface area contributed by atoms with E-state index in [1.165, 1.54) is 0 Å². The zero-order chi connectivity index (χ0) is 12.7. The van der Waals surface area contributed by atoms with Crippen molar-refractivity contribution < 1.29 is 19.7 Å². The first-order chi connectivity index (χ1) is 8.17. The standard InChI is InChI=1S/C11H14ClNO4/c12-5-11(16)13-9-3-1-2-4-10(9)17-7-8(15)6-14/h1-4,8,14-15H,5-7H2,(H,13,16). The minimum Gasteiger partial charge on any atom is -0.489 e. The third kappa shape index (κ3) is 4.60. The van der Waals surface area contributed by atoms with Crippen molar-refractivity contribution in [1.82, 2.24) is 0 Å². The van der Waals surface area contributed by atoms with E-state index in [9.17, 15) is 4.79 Å². The summed E-state index contributed by atoms with van der Waals surface area (Å²) >= 11 is 5.38. The molecule has 3 N–H and O–H groups in total. The van der Waals surface area contributed by atoms with Crippen LogP contribution in [0.3, 0.4) is 0 Å². The molecule has 1 amide bonds. The zero-order valence-corrected chi connectivity index (χ0v) is 9.85. The molecule has 17 heavy (non-hydrogen) atoms. The number of nitrogens with one attached hydrogen (secondary N) is 1. The number of carbonyl (C=O) groups excluding carboxylic acids is 1. The van der Waals surface area contributed by atoms with E-state index in [1.54, 1.807) is 24.3 Å². The van der Waals surface area contributed by atoms with Gasteiger partial charge in [0.05, 0.1) is 12.3 Å². The Kier molecular flexibility index (Phi) is 5.76. The summed E-state index contributed by atoms with van der Waals surface area (Å²) in [6.45, 7) is -0.430. The first-order valence-electron chi connectivity index (χ1n) is 5.04. The van der Waals surface area contributed by atoms with Crippen LogP contribution < -0.4 is 10.1 Å². The van der Waals surface area contributed by atoms with E-state index in [0.29, 0.717) is 11.4 Å². The van der Waals surface area contributed by atoms with E-state index in [2.05, 4.69) is 5.32 Å². The molecule has 0 spiro atoms. The monoisotopic (exact) mass is 259 g/mol. The maximum Gasteiger partial charge on any atom is 0.239 e. The Morgan fingerprint density at radius 3 is 2.82 bits per heavy atom. The molecular formula is C11H14ClNO4. The predicted octanol–water partition coefficient (Wildman–Crippen LogP) is 0.596. The second-order valence-corrected chi connectivity index (χ2v) is 3.59. The van der Waals surface area contributed by atoms with Gasteiger partial charge in [0, 0.05) is 0 Å². The van der Waals surface area contributed by atoms with Gasteiger partial charge in [0.1, 0.15) is 24.3 Å². The van der Waals surface area contributed by atoms with Gasteiger partial charge in [-0.25, -0.2) is 0 Å². The predicted molar refractivity (Wildman–Crippen MR) is 64.4 cm³/mol. The van der Waals surface area contributed by atoms with Crippen LogP contribution in [-0.2, 0) is 4.79 Å². The Bertz CT molecular complexity index is 372. The largest absolute Gasteiger partial charge is 0.489 e. The SMILES string of the molecule is O=C(CCl)Nc1ccccc1OCC(O)CO. The van der Waals surface area contributed by atoms with E-state index in [-0.39, 0.29) is 25.0 Å². The quantitative estimate of drug-likeness (QED) is 0.654. The fourth-order valence-electron chi connectivity index (χ4n) is 1.12. The van der Waals surface area contributed by atoms with Gasteiger partial charge < -0.3 is 20.3 Å². The molecule has 0 heterocycles. The minimum atomic E-state index is -0.952. The van der Waals surface area contributed by atoms with Crippen molar-refractivity contribution in [3.63, 3.8) is 0 Å². The number of hydrogen-bond acceptors (Lipinski definition) is 4. The van der Waals surface area contributed by atoms with Crippen molar-refractivity contribution in [2.45, 2.75) is 6.10 Å². The lowest BCUT2D eigenvalue weighted by Crippen LogP contribution is -2.22. The van der Waals surface area contributed by atoms with Crippen LogP contribution in [0.15, 0.2) is 24.3 Å². The average Bonchev–Trinajstić information content (AvgIpc) is 2.37. The third-order valence-electron chi connectivity index (χ3n) is 1.92. The first-order valence-corrected chi connectivity index (χ1v) is 5.57. The number of carbonyl (C=O) groups is 1. The lowest BCUT2D eigenvalue weighted by Gasteiger charge is -2.13. The molecule has 0 aliphatic rings. The van der Waals surface area contributed by atoms with Gasteiger partial charge in [0.2, 0.25) is 5.91 Å². The summed E-state index contributed by atoms with van der Waals surface area (Å²) in [6, 6.07) is 6.77. The number of ether oxygens (including phenoxy) is 1. The molecule has 1 aromatic rings. The smallest absolute Gasteiger partial charge is 0.239 e. The van der Waals surface area contributed by atoms with Crippen molar-refractivity contribution in [3.05, 3.63) is 24.3 Å². The second kappa shape index (κ2) is 7.11. The van der Waals surface area contributed by atoms with Gasteiger partial charge in [-0.05, 0) is 12.1 Å². The number of aliphatic hydroxyl groups is 2. The van der Waals surface area contributed by atoms with E-state index < -0.39 is 6.10 Å². The van der Waals surface area contributed by atoms with Crippen molar-refractivity contribution in [1.29, 1.82) is 0 Å². The number of para-hydroxylation sites is 2. The van der Waals surface area contributed by atoms with Gasteiger partial charge in [-0.15, -0.1) is 11.6 Å². The highest BCUT2D eigenvalue weighted by molar-refractivity contribution is 6.29. The number of anilines is 1. The second-order valence-electron chi connectivity index (χ2n) is 3.33. The summed E-state index contributed by atoms with van der Waals surface area (Å²) in [5.41, 5.74) is 0.475. The van der Waals surface area contributed by atoms with Crippen LogP contribution in [0.4, 0.5) is 5.69 Å². The van der Waals surface area contributed by atoms with Crippen LogP contribution in [0.2, 0.25) is 0 Å². The van der Waals surface area contributed by atoms with E-state index >= 15 is 0 Å². The number of alkyl halides is 1.